The quantitative estimate of drug-likeness (QED) is 0.505. The van der Waals surface area contributed by atoms with Crippen LogP contribution in [0.2, 0.25) is 0 Å². The Kier molecular flexibility index (Phi) is 5.58. The topological polar surface area (TPSA) is 37.3 Å². The summed E-state index contributed by atoms with van der Waals surface area (Å²) in [5, 5.41) is 0. The minimum atomic E-state index is -1.83. The van der Waals surface area contributed by atoms with Crippen LogP contribution in [0.3, 0.4) is 0 Å². The Hall–Kier alpha value is 0.590. The van der Waals surface area contributed by atoms with Crippen LogP contribution in [0.15, 0.2) is 35.2 Å². The molecule has 0 aliphatic rings. The van der Waals surface area contributed by atoms with Crippen LogP contribution in [0.5, 0.6) is 0 Å². The van der Waals surface area contributed by atoms with E-state index in [-0.39, 0.29) is 37.7 Å². The third-order valence-corrected chi connectivity index (χ3v) is 1.62. The molecule has 0 heterocycles. The van der Waals surface area contributed by atoms with E-state index in [2.05, 4.69) is 0 Å². The average Bonchev–Trinajstić information content (AvgIpc) is 1.90. The fourth-order valence-corrected chi connectivity index (χ4v) is 0.927. The van der Waals surface area contributed by atoms with Crippen LogP contribution >= 0.6 is 0 Å². The molecule has 1 aromatic carbocycles. The first kappa shape index (κ1) is 10.6. The van der Waals surface area contributed by atoms with Gasteiger partial charge in [0.05, 0.1) is 4.90 Å². The summed E-state index contributed by atoms with van der Waals surface area (Å²) in [4.78, 5) is 0.442. The second-order valence-corrected chi connectivity index (χ2v) is 2.53. The van der Waals surface area contributed by atoms with Crippen LogP contribution in [0, 0.1) is 0 Å². The van der Waals surface area contributed by atoms with Crippen molar-refractivity contribution in [1.29, 1.82) is 0 Å². The summed E-state index contributed by atoms with van der Waals surface area (Å²) in [5.74, 6) is 0. The molecule has 10 heavy (non-hydrogen) atoms. The van der Waals surface area contributed by atoms with E-state index in [1.807, 2.05) is 0 Å². The zero-order valence-electron chi connectivity index (χ0n) is 4.65. The molecule has 52 valence electrons. The Balaban J connectivity index is 0.000000810. The zero-order valence-corrected chi connectivity index (χ0v) is 5.47. The monoisotopic (exact) mass is 184 g/mol. The summed E-state index contributed by atoms with van der Waals surface area (Å²) in [6.07, 6.45) is 0. The fraction of sp³-hybridized carbons (Fsp3) is 0. The van der Waals surface area contributed by atoms with Gasteiger partial charge < -0.3 is 4.55 Å². The third kappa shape index (κ3) is 3.12. The minimum absolute atomic E-state index is 0. The number of benzene rings is 1. The van der Waals surface area contributed by atoms with Crippen molar-refractivity contribution in [2.24, 2.45) is 0 Å². The molecule has 1 aromatic rings. The molecule has 0 fully saturated rings. The summed E-state index contributed by atoms with van der Waals surface area (Å²) in [7, 11) is 0. The van der Waals surface area contributed by atoms with Gasteiger partial charge in [0.1, 0.15) is 0 Å². The maximum atomic E-state index is 10.3. The van der Waals surface area contributed by atoms with Crippen molar-refractivity contribution >= 4 is 48.8 Å². The molecular formula is C6H8CaO2S. The third-order valence-electron chi connectivity index (χ3n) is 0.945. The van der Waals surface area contributed by atoms with E-state index in [1.165, 1.54) is 0 Å². The Morgan fingerprint density at radius 3 is 2.00 bits per heavy atom. The van der Waals surface area contributed by atoms with Crippen molar-refractivity contribution < 1.29 is 8.76 Å². The van der Waals surface area contributed by atoms with Crippen molar-refractivity contribution in [1.82, 2.24) is 0 Å². The second-order valence-electron chi connectivity index (χ2n) is 1.56. The standard InChI is InChI=1S/C6H6O2S.Ca.2H/c7-9(8)6-4-2-1-3-5-6;;;/h1-5H,(H,7,8);;;. The van der Waals surface area contributed by atoms with E-state index < -0.39 is 11.1 Å². The van der Waals surface area contributed by atoms with Gasteiger partial charge in [-0.1, -0.05) is 18.2 Å². The van der Waals surface area contributed by atoms with Crippen LogP contribution in [0.4, 0.5) is 0 Å². The van der Waals surface area contributed by atoms with Gasteiger partial charge in [0.25, 0.3) is 0 Å². The van der Waals surface area contributed by atoms with E-state index in [0.717, 1.165) is 0 Å². The molecule has 4 heteroatoms. The molecule has 0 saturated carbocycles. The number of rotatable bonds is 1. The predicted octanol–water partition coefficient (Wildman–Crippen LogP) is 0.351. The molecule has 0 bridgehead atoms. The molecular weight excluding hydrogens is 176 g/mol. The van der Waals surface area contributed by atoms with E-state index in [4.69, 9.17) is 4.55 Å². The van der Waals surface area contributed by atoms with Gasteiger partial charge in [0.15, 0.2) is 11.1 Å². The van der Waals surface area contributed by atoms with E-state index in [0.29, 0.717) is 4.90 Å². The van der Waals surface area contributed by atoms with Crippen LogP contribution < -0.4 is 0 Å². The fourth-order valence-electron chi connectivity index (χ4n) is 0.537. The number of hydrogen-bond acceptors (Lipinski definition) is 1. The van der Waals surface area contributed by atoms with Crippen LogP contribution in [-0.4, -0.2) is 46.5 Å². The molecule has 1 unspecified atom stereocenters. The summed E-state index contributed by atoms with van der Waals surface area (Å²) in [5.41, 5.74) is 0. The average molecular weight is 184 g/mol. The van der Waals surface area contributed by atoms with Gasteiger partial charge in [-0.3, -0.25) is 0 Å². The first-order valence-electron chi connectivity index (χ1n) is 2.46. The summed E-state index contributed by atoms with van der Waals surface area (Å²) in [6, 6.07) is 8.47. The summed E-state index contributed by atoms with van der Waals surface area (Å²) < 4.78 is 18.8. The molecule has 2 nitrogen and oxygen atoms in total. The molecule has 0 aliphatic carbocycles. The molecule has 1 rings (SSSR count). The van der Waals surface area contributed by atoms with E-state index in [1.54, 1.807) is 30.3 Å². The summed E-state index contributed by atoms with van der Waals surface area (Å²) in [6.45, 7) is 0. The molecule has 1 atom stereocenters. The van der Waals surface area contributed by atoms with Crippen molar-refractivity contribution in [2.45, 2.75) is 4.90 Å². The van der Waals surface area contributed by atoms with Crippen LogP contribution in [0.1, 0.15) is 0 Å². The van der Waals surface area contributed by atoms with Crippen molar-refractivity contribution in [2.75, 3.05) is 0 Å². The van der Waals surface area contributed by atoms with Crippen molar-refractivity contribution in [3.63, 3.8) is 0 Å². The first-order valence-corrected chi connectivity index (χ1v) is 3.57. The van der Waals surface area contributed by atoms with Gasteiger partial charge in [-0.05, 0) is 12.1 Å². The molecule has 0 radical (unpaired) electrons. The van der Waals surface area contributed by atoms with Gasteiger partial charge in [-0.15, -0.1) is 0 Å². The Labute approximate surface area is 91.9 Å². The first-order chi connectivity index (χ1) is 4.30. The molecule has 0 spiro atoms. The van der Waals surface area contributed by atoms with Gasteiger partial charge in [0, 0.05) is 0 Å². The van der Waals surface area contributed by atoms with Gasteiger partial charge in [0.2, 0.25) is 0 Å². The Bertz CT molecular complexity index is 212. The molecule has 1 N–H and O–H groups in total. The van der Waals surface area contributed by atoms with E-state index >= 15 is 0 Å². The molecule has 0 aromatic heterocycles. The van der Waals surface area contributed by atoms with Gasteiger partial charge in [-0.25, -0.2) is 4.21 Å². The zero-order chi connectivity index (χ0) is 6.69. The number of hydrogen-bond donors (Lipinski definition) is 1. The normalized spacial score (nSPS) is 11.7. The van der Waals surface area contributed by atoms with Crippen LogP contribution in [0.25, 0.3) is 0 Å². The van der Waals surface area contributed by atoms with Crippen molar-refractivity contribution in [3.8, 4) is 0 Å². The van der Waals surface area contributed by atoms with E-state index in [9.17, 15) is 4.21 Å². The summed E-state index contributed by atoms with van der Waals surface area (Å²) >= 11 is -1.83. The predicted molar refractivity (Wildman–Crippen MR) is 44.0 cm³/mol. The molecule has 0 amide bonds. The Morgan fingerprint density at radius 2 is 1.70 bits per heavy atom. The van der Waals surface area contributed by atoms with Crippen molar-refractivity contribution in [3.05, 3.63) is 30.3 Å². The Morgan fingerprint density at radius 1 is 1.20 bits per heavy atom. The SMILES string of the molecule is O=S(O)c1ccccc1.[CaH2]. The molecule has 0 aliphatic heterocycles. The second kappa shape index (κ2) is 5.27. The van der Waals surface area contributed by atoms with Gasteiger partial charge >= 0.3 is 37.7 Å². The maximum absolute atomic E-state index is 10.3. The molecule has 0 saturated heterocycles. The van der Waals surface area contributed by atoms with Gasteiger partial charge in [-0.2, -0.15) is 0 Å². The van der Waals surface area contributed by atoms with Crippen LogP contribution in [-0.2, 0) is 11.1 Å².